The van der Waals surface area contributed by atoms with E-state index in [-0.39, 0.29) is 17.2 Å². The van der Waals surface area contributed by atoms with Gasteiger partial charge in [0.25, 0.3) is 0 Å². The maximum absolute atomic E-state index is 14.2. The molecule has 0 fully saturated rings. The van der Waals surface area contributed by atoms with E-state index in [2.05, 4.69) is 15.3 Å². The van der Waals surface area contributed by atoms with Crippen molar-refractivity contribution in [2.75, 3.05) is 11.9 Å². The van der Waals surface area contributed by atoms with Gasteiger partial charge in [0.2, 0.25) is 5.95 Å². The molecule has 110 valence electrons. The van der Waals surface area contributed by atoms with Crippen LogP contribution in [0.4, 0.5) is 20.4 Å². The van der Waals surface area contributed by atoms with Gasteiger partial charge in [0.15, 0.2) is 5.69 Å². The number of aryl methyl sites for hydroxylation is 1. The van der Waals surface area contributed by atoms with Crippen LogP contribution in [0.25, 0.3) is 11.3 Å². The average Bonchev–Trinajstić information content (AvgIpc) is 2.44. The van der Waals surface area contributed by atoms with E-state index in [4.69, 9.17) is 0 Å². The molecule has 0 saturated heterocycles. The smallest absolute Gasteiger partial charge is 0.314 e. The Morgan fingerprint density at radius 1 is 1.38 bits per heavy atom. The maximum atomic E-state index is 14.2. The summed E-state index contributed by atoms with van der Waals surface area (Å²) in [6, 6.07) is 2.30. The number of nitrogens with zero attached hydrogens (tertiary/aromatic N) is 3. The van der Waals surface area contributed by atoms with Crippen molar-refractivity contribution >= 4 is 11.6 Å². The summed E-state index contributed by atoms with van der Waals surface area (Å²) in [6.07, 6.45) is 0.932. The first-order chi connectivity index (χ1) is 9.95. The van der Waals surface area contributed by atoms with E-state index < -0.39 is 27.8 Å². The quantitative estimate of drug-likeness (QED) is 0.692. The van der Waals surface area contributed by atoms with Crippen molar-refractivity contribution in [1.29, 1.82) is 0 Å². The van der Waals surface area contributed by atoms with E-state index in [1.165, 1.54) is 13.0 Å². The average molecular weight is 294 g/mol. The van der Waals surface area contributed by atoms with E-state index in [9.17, 15) is 18.9 Å². The lowest BCUT2D eigenvalue weighted by atomic mass is 10.1. The van der Waals surface area contributed by atoms with Crippen LogP contribution in [0, 0.1) is 28.7 Å². The zero-order valence-electron chi connectivity index (χ0n) is 11.4. The van der Waals surface area contributed by atoms with Crippen LogP contribution in [0.3, 0.4) is 0 Å². The molecule has 0 unspecified atom stereocenters. The molecule has 0 amide bonds. The van der Waals surface area contributed by atoms with E-state index in [1.807, 2.05) is 0 Å². The van der Waals surface area contributed by atoms with Crippen molar-refractivity contribution in [1.82, 2.24) is 9.97 Å². The molecule has 0 bridgehead atoms. The number of nitrogens with one attached hydrogen (secondary N) is 1. The summed E-state index contributed by atoms with van der Waals surface area (Å²) in [7, 11) is 0. The van der Waals surface area contributed by atoms with Crippen LogP contribution in [0.15, 0.2) is 18.3 Å². The van der Waals surface area contributed by atoms with Crippen molar-refractivity contribution in [2.24, 2.45) is 0 Å². The van der Waals surface area contributed by atoms with Crippen LogP contribution in [0.2, 0.25) is 0 Å². The molecule has 0 atom stereocenters. The maximum Gasteiger partial charge on any atom is 0.314 e. The summed E-state index contributed by atoms with van der Waals surface area (Å²) in [4.78, 5) is 17.9. The molecule has 1 aromatic heterocycles. The molecule has 1 N–H and O–H groups in total. The monoisotopic (exact) mass is 294 g/mol. The number of hydrogen-bond acceptors (Lipinski definition) is 5. The predicted molar refractivity (Wildman–Crippen MR) is 72.9 cm³/mol. The Balaban J connectivity index is 2.74. The van der Waals surface area contributed by atoms with Gasteiger partial charge in [-0.25, -0.2) is 18.7 Å². The molecule has 2 aromatic rings. The third kappa shape index (κ3) is 2.78. The third-order valence-electron chi connectivity index (χ3n) is 2.82. The summed E-state index contributed by atoms with van der Waals surface area (Å²) in [5, 5.41) is 13.8. The highest BCUT2D eigenvalue weighted by molar-refractivity contribution is 5.71. The molecule has 0 aliphatic heterocycles. The molecule has 6 nitrogen and oxygen atoms in total. The molecule has 1 aromatic carbocycles. The van der Waals surface area contributed by atoms with Gasteiger partial charge in [-0.2, -0.15) is 0 Å². The molecule has 0 saturated carbocycles. The van der Waals surface area contributed by atoms with Crippen molar-refractivity contribution in [3.8, 4) is 11.3 Å². The van der Waals surface area contributed by atoms with Gasteiger partial charge in [-0.05, 0) is 25.5 Å². The van der Waals surface area contributed by atoms with Crippen LogP contribution in [0.5, 0.6) is 0 Å². The SMILES string of the molecule is CCNc1ncc([N+](=O)[O-])c(-c2c(F)ccc(C)c2F)n1. The first-order valence-corrected chi connectivity index (χ1v) is 6.16. The second-order valence-corrected chi connectivity index (χ2v) is 4.27. The molecular weight excluding hydrogens is 282 g/mol. The lowest BCUT2D eigenvalue weighted by Crippen LogP contribution is -2.06. The normalized spacial score (nSPS) is 10.5. The van der Waals surface area contributed by atoms with Crippen molar-refractivity contribution < 1.29 is 13.7 Å². The fourth-order valence-electron chi connectivity index (χ4n) is 1.81. The van der Waals surface area contributed by atoms with Crippen molar-refractivity contribution in [3.63, 3.8) is 0 Å². The van der Waals surface area contributed by atoms with Crippen LogP contribution in [-0.4, -0.2) is 21.4 Å². The number of aromatic nitrogens is 2. The Hall–Kier alpha value is -2.64. The zero-order chi connectivity index (χ0) is 15.6. The summed E-state index contributed by atoms with van der Waals surface area (Å²) in [5.74, 6) is -1.72. The van der Waals surface area contributed by atoms with Crippen LogP contribution in [0.1, 0.15) is 12.5 Å². The van der Waals surface area contributed by atoms with Crippen molar-refractivity contribution in [3.05, 3.63) is 45.6 Å². The Bertz CT molecular complexity index is 707. The minimum atomic E-state index is -0.914. The van der Waals surface area contributed by atoms with E-state index in [0.29, 0.717) is 6.54 Å². The predicted octanol–water partition coefficient (Wildman–Crippen LogP) is 3.07. The van der Waals surface area contributed by atoms with E-state index in [0.717, 1.165) is 12.3 Å². The fourth-order valence-corrected chi connectivity index (χ4v) is 1.81. The molecule has 2 rings (SSSR count). The molecule has 0 spiro atoms. The Morgan fingerprint density at radius 2 is 2.10 bits per heavy atom. The van der Waals surface area contributed by atoms with Gasteiger partial charge in [0, 0.05) is 6.54 Å². The summed E-state index contributed by atoms with van der Waals surface area (Å²) in [6.45, 7) is 3.69. The molecule has 21 heavy (non-hydrogen) atoms. The van der Waals surface area contributed by atoms with Gasteiger partial charge < -0.3 is 5.32 Å². The number of nitro groups is 1. The molecule has 0 aliphatic rings. The molecular formula is C13H12F2N4O2. The van der Waals surface area contributed by atoms with Crippen molar-refractivity contribution in [2.45, 2.75) is 13.8 Å². The van der Waals surface area contributed by atoms with Gasteiger partial charge in [-0.1, -0.05) is 6.07 Å². The minimum absolute atomic E-state index is 0.0680. The van der Waals surface area contributed by atoms with Crippen LogP contribution >= 0.6 is 0 Å². The first kappa shape index (κ1) is 14.8. The first-order valence-electron chi connectivity index (χ1n) is 6.16. The van der Waals surface area contributed by atoms with Crippen LogP contribution < -0.4 is 5.32 Å². The lowest BCUT2D eigenvalue weighted by Gasteiger charge is -2.09. The standard InChI is InChI=1S/C13H12F2N4O2/c1-3-16-13-17-6-9(19(20)21)12(18-13)10-8(14)5-4-7(2)11(10)15/h4-6H,3H2,1-2H3,(H,16,17,18). The fraction of sp³-hybridized carbons (Fsp3) is 0.231. The van der Waals surface area contributed by atoms with Gasteiger partial charge in [-0.3, -0.25) is 10.1 Å². The minimum Gasteiger partial charge on any atom is -0.354 e. The Morgan fingerprint density at radius 3 is 2.71 bits per heavy atom. The van der Waals surface area contributed by atoms with Gasteiger partial charge in [0.1, 0.15) is 17.8 Å². The lowest BCUT2D eigenvalue weighted by molar-refractivity contribution is -0.384. The second-order valence-electron chi connectivity index (χ2n) is 4.27. The number of hydrogen-bond donors (Lipinski definition) is 1. The zero-order valence-corrected chi connectivity index (χ0v) is 11.4. The van der Waals surface area contributed by atoms with Crippen LogP contribution in [-0.2, 0) is 0 Å². The van der Waals surface area contributed by atoms with Gasteiger partial charge >= 0.3 is 5.69 Å². The molecule has 0 aliphatic carbocycles. The number of rotatable bonds is 4. The van der Waals surface area contributed by atoms with Gasteiger partial charge in [0.05, 0.1) is 10.5 Å². The topological polar surface area (TPSA) is 81.0 Å². The second kappa shape index (κ2) is 5.78. The van der Waals surface area contributed by atoms with Gasteiger partial charge in [-0.15, -0.1) is 0 Å². The summed E-state index contributed by atoms with van der Waals surface area (Å²) in [5.41, 5.74) is -1.29. The Labute approximate surface area is 119 Å². The number of benzene rings is 1. The van der Waals surface area contributed by atoms with E-state index in [1.54, 1.807) is 6.92 Å². The highest BCUT2D eigenvalue weighted by Crippen LogP contribution is 2.33. The summed E-state index contributed by atoms with van der Waals surface area (Å²) < 4.78 is 28.1. The number of halogens is 2. The molecule has 8 heteroatoms. The Kier molecular flexibility index (Phi) is 4.06. The van der Waals surface area contributed by atoms with E-state index >= 15 is 0 Å². The molecule has 0 radical (unpaired) electrons. The number of anilines is 1. The largest absolute Gasteiger partial charge is 0.354 e. The highest BCUT2D eigenvalue weighted by Gasteiger charge is 2.25. The third-order valence-corrected chi connectivity index (χ3v) is 2.82. The highest BCUT2D eigenvalue weighted by atomic mass is 19.1. The molecule has 1 heterocycles. The summed E-state index contributed by atoms with van der Waals surface area (Å²) >= 11 is 0.